The van der Waals surface area contributed by atoms with Gasteiger partial charge in [0.25, 0.3) is 0 Å². The Balaban J connectivity index is 1.33. The first-order valence-electron chi connectivity index (χ1n) is 9.81. The van der Waals surface area contributed by atoms with Crippen LogP contribution < -0.4 is 10.6 Å². The van der Waals surface area contributed by atoms with E-state index in [0.29, 0.717) is 5.92 Å². The molecule has 0 spiro atoms. The lowest BCUT2D eigenvalue weighted by atomic mass is 9.90. The molecule has 2 aliphatic heterocycles. The summed E-state index contributed by atoms with van der Waals surface area (Å²) in [5, 5.41) is 6.48. The molecule has 142 valence electrons. The highest BCUT2D eigenvalue weighted by molar-refractivity contribution is 5.90. The topological polar surface area (TPSA) is 44.4 Å². The third-order valence-electron chi connectivity index (χ3n) is 5.75. The van der Waals surface area contributed by atoms with Crippen LogP contribution in [0, 0.1) is 11.7 Å². The van der Waals surface area contributed by atoms with Gasteiger partial charge in [0.2, 0.25) is 0 Å². The molecule has 0 saturated carbocycles. The van der Waals surface area contributed by atoms with Gasteiger partial charge in [0.1, 0.15) is 5.82 Å². The predicted octanol–water partition coefficient (Wildman–Crippen LogP) is 3.96. The Hall–Kier alpha value is -2.40. The van der Waals surface area contributed by atoms with Gasteiger partial charge in [-0.25, -0.2) is 9.18 Å². The minimum Gasteiger partial charge on any atom is -0.325 e. The first-order valence-corrected chi connectivity index (χ1v) is 9.81. The van der Waals surface area contributed by atoms with E-state index in [1.807, 2.05) is 29.2 Å². The Bertz CT molecular complexity index is 815. The number of anilines is 1. The average Bonchev–Trinajstić information content (AvgIpc) is 2.70. The molecule has 2 amide bonds. The minimum atomic E-state index is -0.124. The molecule has 2 N–H and O–H groups in total. The number of piperidine rings is 1. The number of amides is 2. The Morgan fingerprint density at radius 3 is 2.78 bits per heavy atom. The molecule has 2 aliphatic rings. The van der Waals surface area contributed by atoms with E-state index in [1.54, 1.807) is 6.07 Å². The lowest BCUT2D eigenvalue weighted by molar-refractivity contribution is 0.182. The molecule has 0 bridgehead atoms. The molecule has 4 nitrogen and oxygen atoms in total. The van der Waals surface area contributed by atoms with Gasteiger partial charge in [0, 0.05) is 25.3 Å². The number of halogens is 1. The van der Waals surface area contributed by atoms with E-state index in [2.05, 4.69) is 16.7 Å². The second-order valence-electron chi connectivity index (χ2n) is 7.53. The van der Waals surface area contributed by atoms with Crippen LogP contribution in [0.1, 0.15) is 29.5 Å². The molecule has 0 aromatic heterocycles. The van der Waals surface area contributed by atoms with Gasteiger partial charge in [-0.15, -0.1) is 0 Å². The van der Waals surface area contributed by atoms with Gasteiger partial charge in [0.15, 0.2) is 0 Å². The number of urea groups is 1. The van der Waals surface area contributed by atoms with E-state index in [1.165, 1.54) is 17.2 Å². The normalized spacial score (nSPS) is 17.4. The Kier molecular flexibility index (Phi) is 5.39. The molecule has 5 heteroatoms. The molecule has 0 atom stereocenters. The molecular weight excluding hydrogens is 341 g/mol. The maximum atomic E-state index is 13.9. The largest absolute Gasteiger partial charge is 0.325 e. The maximum Gasteiger partial charge on any atom is 0.321 e. The van der Waals surface area contributed by atoms with Gasteiger partial charge in [0.05, 0.1) is 0 Å². The van der Waals surface area contributed by atoms with Crippen molar-refractivity contribution in [2.24, 2.45) is 5.92 Å². The van der Waals surface area contributed by atoms with Crippen molar-refractivity contribution in [3.05, 3.63) is 65.0 Å². The summed E-state index contributed by atoms with van der Waals surface area (Å²) < 4.78 is 13.9. The first-order chi connectivity index (χ1) is 13.2. The molecule has 1 saturated heterocycles. The third-order valence-corrected chi connectivity index (χ3v) is 5.75. The highest BCUT2D eigenvalue weighted by atomic mass is 19.1. The predicted molar refractivity (Wildman–Crippen MR) is 105 cm³/mol. The van der Waals surface area contributed by atoms with E-state index in [-0.39, 0.29) is 11.8 Å². The fourth-order valence-corrected chi connectivity index (χ4v) is 4.16. The zero-order valence-electron chi connectivity index (χ0n) is 15.5. The molecule has 4 rings (SSSR count). The number of benzene rings is 2. The summed E-state index contributed by atoms with van der Waals surface area (Å²) in [7, 11) is 0. The smallest absolute Gasteiger partial charge is 0.321 e. The molecule has 27 heavy (non-hydrogen) atoms. The lowest BCUT2D eigenvalue weighted by Gasteiger charge is -2.32. The summed E-state index contributed by atoms with van der Waals surface area (Å²) in [5.74, 6) is 0.308. The highest BCUT2D eigenvalue weighted by Crippen LogP contribution is 2.26. The first kappa shape index (κ1) is 18.0. The third kappa shape index (κ3) is 4.14. The summed E-state index contributed by atoms with van der Waals surface area (Å²) in [6.45, 7) is 3.25. The summed E-state index contributed by atoms with van der Waals surface area (Å²) in [6.07, 6.45) is 3.52. The van der Waals surface area contributed by atoms with E-state index in [9.17, 15) is 9.18 Å². The number of likely N-dealkylation sites (tertiary alicyclic amines) is 1. The Labute approximate surface area is 159 Å². The van der Waals surface area contributed by atoms with Crippen molar-refractivity contribution in [2.75, 3.05) is 25.0 Å². The van der Waals surface area contributed by atoms with E-state index >= 15 is 0 Å². The van der Waals surface area contributed by atoms with Gasteiger partial charge in [-0.3, -0.25) is 0 Å². The number of carbonyl (C=O) groups excluding carboxylic acids is 1. The number of nitrogens with one attached hydrogen (secondary N) is 2. The minimum absolute atomic E-state index is 0.0220. The quantitative estimate of drug-likeness (QED) is 0.863. The van der Waals surface area contributed by atoms with Crippen LogP contribution in [0.15, 0.2) is 42.5 Å². The van der Waals surface area contributed by atoms with Gasteiger partial charge in [-0.2, -0.15) is 0 Å². The van der Waals surface area contributed by atoms with E-state index in [0.717, 1.165) is 63.1 Å². The molecule has 0 aliphatic carbocycles. The zero-order chi connectivity index (χ0) is 18.6. The fourth-order valence-electron chi connectivity index (χ4n) is 4.16. The lowest BCUT2D eigenvalue weighted by Crippen LogP contribution is -2.41. The molecule has 0 unspecified atom stereocenters. The van der Waals surface area contributed by atoms with Crippen molar-refractivity contribution in [1.82, 2.24) is 10.2 Å². The molecule has 2 aromatic rings. The maximum absolute atomic E-state index is 13.9. The van der Waals surface area contributed by atoms with Crippen LogP contribution >= 0.6 is 0 Å². The van der Waals surface area contributed by atoms with Crippen LogP contribution in [-0.2, 0) is 19.4 Å². The second-order valence-corrected chi connectivity index (χ2v) is 7.53. The molecular formula is C22H26FN3O. The number of hydrogen-bond acceptors (Lipinski definition) is 2. The van der Waals surface area contributed by atoms with Crippen molar-refractivity contribution in [3.8, 4) is 0 Å². The standard InChI is InChI=1S/C22H26FN3O/c23-20-6-2-1-4-17(20)14-16-9-12-26(13-10-16)22(27)25-21-7-3-5-18-15-24-11-8-19(18)21/h1-7,16,24H,8-15H2,(H,25,27). The summed E-state index contributed by atoms with van der Waals surface area (Å²) >= 11 is 0. The van der Waals surface area contributed by atoms with E-state index in [4.69, 9.17) is 0 Å². The molecule has 1 fully saturated rings. The molecule has 0 radical (unpaired) electrons. The SMILES string of the molecule is O=C(Nc1cccc2c1CCNC2)N1CCC(Cc2ccccc2F)CC1. The van der Waals surface area contributed by atoms with E-state index < -0.39 is 0 Å². The number of rotatable bonds is 3. The van der Waals surface area contributed by atoms with Crippen molar-refractivity contribution < 1.29 is 9.18 Å². The summed E-state index contributed by atoms with van der Waals surface area (Å²) in [4.78, 5) is 14.6. The van der Waals surface area contributed by atoms with Crippen molar-refractivity contribution in [3.63, 3.8) is 0 Å². The second kappa shape index (κ2) is 8.09. The zero-order valence-corrected chi connectivity index (χ0v) is 15.5. The number of carbonyl (C=O) groups is 1. The molecule has 2 aromatic carbocycles. The average molecular weight is 367 g/mol. The number of nitrogens with zero attached hydrogens (tertiary/aromatic N) is 1. The van der Waals surface area contributed by atoms with Crippen molar-refractivity contribution >= 4 is 11.7 Å². The van der Waals surface area contributed by atoms with Gasteiger partial charge < -0.3 is 15.5 Å². The van der Waals surface area contributed by atoms with Gasteiger partial charge >= 0.3 is 6.03 Å². The van der Waals surface area contributed by atoms with Crippen LogP contribution in [-0.4, -0.2) is 30.6 Å². The van der Waals surface area contributed by atoms with Crippen LogP contribution in [0.25, 0.3) is 0 Å². The van der Waals surface area contributed by atoms with Crippen molar-refractivity contribution in [1.29, 1.82) is 0 Å². The fraction of sp³-hybridized carbons (Fsp3) is 0.409. The summed E-state index contributed by atoms with van der Waals surface area (Å²) in [5.41, 5.74) is 4.24. The van der Waals surface area contributed by atoms with Gasteiger partial charge in [-0.1, -0.05) is 30.3 Å². The van der Waals surface area contributed by atoms with Crippen LogP contribution in [0.5, 0.6) is 0 Å². The van der Waals surface area contributed by atoms with Gasteiger partial charge in [-0.05, 0) is 67.0 Å². The molecule has 2 heterocycles. The summed E-state index contributed by atoms with van der Waals surface area (Å²) in [6, 6.07) is 13.1. The van der Waals surface area contributed by atoms with Crippen LogP contribution in [0.3, 0.4) is 0 Å². The van der Waals surface area contributed by atoms with Crippen LogP contribution in [0.4, 0.5) is 14.9 Å². The Morgan fingerprint density at radius 1 is 1.15 bits per heavy atom. The number of hydrogen-bond donors (Lipinski definition) is 2. The highest BCUT2D eigenvalue weighted by Gasteiger charge is 2.24. The Morgan fingerprint density at radius 2 is 1.96 bits per heavy atom. The van der Waals surface area contributed by atoms with Crippen LogP contribution in [0.2, 0.25) is 0 Å². The monoisotopic (exact) mass is 367 g/mol. The number of fused-ring (bicyclic) bond motifs is 1. The van der Waals surface area contributed by atoms with Crippen molar-refractivity contribution in [2.45, 2.75) is 32.2 Å².